The van der Waals surface area contributed by atoms with Crippen molar-refractivity contribution in [3.8, 4) is 12.1 Å². The lowest BCUT2D eigenvalue weighted by Crippen LogP contribution is -2.17. The van der Waals surface area contributed by atoms with Gasteiger partial charge in [0.2, 0.25) is 0 Å². The van der Waals surface area contributed by atoms with Gasteiger partial charge in [0.1, 0.15) is 0 Å². The Labute approximate surface area is 215 Å². The van der Waals surface area contributed by atoms with E-state index in [1.165, 1.54) is 30.3 Å². The van der Waals surface area contributed by atoms with Crippen LogP contribution in [-0.2, 0) is 20.0 Å². The Balaban J connectivity index is 1.92. The summed E-state index contributed by atoms with van der Waals surface area (Å²) in [7, 11) is -8.12. The van der Waals surface area contributed by atoms with Crippen LogP contribution in [0.4, 0.5) is 11.4 Å². The third kappa shape index (κ3) is 5.26. The molecule has 0 atom stereocenters. The number of anilines is 2. The van der Waals surface area contributed by atoms with E-state index in [9.17, 15) is 27.4 Å². The normalized spacial score (nSPS) is 11.6. The second kappa shape index (κ2) is 9.94. The van der Waals surface area contributed by atoms with Gasteiger partial charge in [-0.05, 0) is 44.2 Å². The van der Waals surface area contributed by atoms with Gasteiger partial charge in [0.15, 0.2) is 5.92 Å². The molecule has 0 spiro atoms. The number of nitriles is 2. The molecule has 0 aromatic heterocycles. The van der Waals surface area contributed by atoms with Crippen molar-refractivity contribution in [2.24, 2.45) is 0 Å². The van der Waals surface area contributed by atoms with Crippen LogP contribution in [0.5, 0.6) is 0 Å². The maximum absolute atomic E-state index is 13.2. The lowest BCUT2D eigenvalue weighted by atomic mass is 9.95. The summed E-state index contributed by atoms with van der Waals surface area (Å²) < 4.78 is 57.9. The highest BCUT2D eigenvalue weighted by atomic mass is 32.2. The first-order valence-corrected chi connectivity index (χ1v) is 14.1. The fourth-order valence-corrected chi connectivity index (χ4v) is 6.00. The molecule has 0 heterocycles. The smallest absolute Gasteiger partial charge is 0.261 e. The van der Waals surface area contributed by atoms with Gasteiger partial charge in [-0.3, -0.25) is 9.44 Å². The van der Waals surface area contributed by atoms with Crippen molar-refractivity contribution in [1.29, 1.82) is 10.5 Å². The van der Waals surface area contributed by atoms with Crippen molar-refractivity contribution < 1.29 is 16.8 Å². The molecule has 4 aromatic rings. The summed E-state index contributed by atoms with van der Waals surface area (Å²) in [5.41, 5.74) is 1.94. The molecule has 0 amide bonds. The maximum Gasteiger partial charge on any atom is 0.261 e. The molecule has 2 N–H and O–H groups in total. The van der Waals surface area contributed by atoms with Crippen LogP contribution in [0.1, 0.15) is 22.6 Å². The summed E-state index contributed by atoms with van der Waals surface area (Å²) >= 11 is 0. The van der Waals surface area contributed by atoms with Crippen molar-refractivity contribution in [3.05, 3.63) is 95.6 Å². The van der Waals surface area contributed by atoms with E-state index in [0.29, 0.717) is 10.8 Å². The van der Waals surface area contributed by atoms with Crippen molar-refractivity contribution in [2.75, 3.05) is 9.44 Å². The zero-order valence-corrected chi connectivity index (χ0v) is 21.6. The van der Waals surface area contributed by atoms with Gasteiger partial charge in [-0.2, -0.15) is 10.5 Å². The summed E-state index contributed by atoms with van der Waals surface area (Å²) in [6.07, 6.45) is 0. The van der Waals surface area contributed by atoms with E-state index in [1.54, 1.807) is 48.5 Å². The first kappa shape index (κ1) is 25.7. The van der Waals surface area contributed by atoms with Crippen LogP contribution >= 0.6 is 0 Å². The van der Waals surface area contributed by atoms with Crippen molar-refractivity contribution >= 4 is 42.2 Å². The Hall–Kier alpha value is -4.38. The van der Waals surface area contributed by atoms with E-state index in [1.807, 2.05) is 26.0 Å². The second-order valence-electron chi connectivity index (χ2n) is 8.46. The van der Waals surface area contributed by atoms with Crippen LogP contribution in [0.15, 0.2) is 88.7 Å². The first-order chi connectivity index (χ1) is 17.6. The molecule has 8 nitrogen and oxygen atoms in total. The van der Waals surface area contributed by atoms with E-state index in [0.717, 1.165) is 11.1 Å². The summed E-state index contributed by atoms with van der Waals surface area (Å²) in [5.74, 6) is -1.37. The molecule has 0 aliphatic carbocycles. The maximum atomic E-state index is 13.2. The Morgan fingerprint density at radius 2 is 1.14 bits per heavy atom. The summed E-state index contributed by atoms with van der Waals surface area (Å²) in [6, 6.07) is 24.1. The van der Waals surface area contributed by atoms with Gasteiger partial charge in [-0.25, -0.2) is 16.8 Å². The second-order valence-corrected chi connectivity index (χ2v) is 11.8. The monoisotopic (exact) mass is 530 g/mol. The van der Waals surface area contributed by atoms with Crippen LogP contribution < -0.4 is 9.44 Å². The Morgan fingerprint density at radius 1 is 0.676 bits per heavy atom. The number of hydrogen-bond donors (Lipinski definition) is 2. The summed E-state index contributed by atoms with van der Waals surface area (Å²) in [5, 5.41) is 20.0. The molecule has 0 aliphatic heterocycles. The molecule has 0 aliphatic rings. The van der Waals surface area contributed by atoms with Gasteiger partial charge in [0.05, 0.1) is 33.3 Å². The van der Waals surface area contributed by atoms with Crippen molar-refractivity contribution in [2.45, 2.75) is 29.6 Å². The van der Waals surface area contributed by atoms with Crippen molar-refractivity contribution in [3.63, 3.8) is 0 Å². The van der Waals surface area contributed by atoms with Gasteiger partial charge in [0.25, 0.3) is 20.0 Å². The molecule has 37 heavy (non-hydrogen) atoms. The van der Waals surface area contributed by atoms with Crippen LogP contribution in [-0.4, -0.2) is 16.8 Å². The highest BCUT2D eigenvalue weighted by Gasteiger charge is 2.25. The van der Waals surface area contributed by atoms with Crippen molar-refractivity contribution in [1.82, 2.24) is 0 Å². The van der Waals surface area contributed by atoms with E-state index in [2.05, 4.69) is 9.44 Å². The number of rotatable bonds is 7. The Kier molecular flexibility index (Phi) is 6.90. The molecule has 4 aromatic carbocycles. The van der Waals surface area contributed by atoms with Gasteiger partial charge in [-0.15, -0.1) is 0 Å². The highest BCUT2D eigenvalue weighted by molar-refractivity contribution is 7.93. The third-order valence-corrected chi connectivity index (χ3v) is 8.53. The Bertz CT molecular complexity index is 1770. The average molecular weight is 531 g/mol. The van der Waals surface area contributed by atoms with Crippen LogP contribution in [0, 0.1) is 36.5 Å². The number of fused-ring (bicyclic) bond motifs is 1. The molecule has 0 radical (unpaired) electrons. The van der Waals surface area contributed by atoms with Gasteiger partial charge in [-0.1, -0.05) is 59.7 Å². The van der Waals surface area contributed by atoms with Gasteiger partial charge in [0, 0.05) is 16.3 Å². The Morgan fingerprint density at radius 3 is 1.62 bits per heavy atom. The summed E-state index contributed by atoms with van der Waals surface area (Å²) in [4.78, 5) is 0.0349. The number of hydrogen-bond acceptors (Lipinski definition) is 6. The molecular weight excluding hydrogens is 508 g/mol. The highest BCUT2D eigenvalue weighted by Crippen LogP contribution is 2.39. The van der Waals surface area contributed by atoms with Crippen LogP contribution in [0.25, 0.3) is 10.8 Å². The molecular formula is C27H22N4O4S2. The molecule has 0 saturated heterocycles. The number of nitrogens with one attached hydrogen (secondary N) is 2. The topological polar surface area (TPSA) is 140 Å². The predicted octanol–water partition coefficient (Wildman–Crippen LogP) is 5.19. The zero-order valence-electron chi connectivity index (χ0n) is 19.9. The van der Waals surface area contributed by atoms with Crippen LogP contribution in [0.3, 0.4) is 0 Å². The first-order valence-electron chi connectivity index (χ1n) is 11.1. The fraction of sp³-hybridized carbons (Fsp3) is 0.111. The minimum Gasteiger partial charge on any atom is -0.279 e. The number of aryl methyl sites for hydroxylation is 2. The minimum atomic E-state index is -4.10. The van der Waals surface area contributed by atoms with E-state index >= 15 is 0 Å². The predicted molar refractivity (Wildman–Crippen MR) is 142 cm³/mol. The average Bonchev–Trinajstić information content (AvgIpc) is 2.87. The summed E-state index contributed by atoms with van der Waals surface area (Å²) in [6.45, 7) is 3.67. The molecule has 0 unspecified atom stereocenters. The lowest BCUT2D eigenvalue weighted by molar-refractivity contribution is 0.599. The largest absolute Gasteiger partial charge is 0.279 e. The van der Waals surface area contributed by atoms with Crippen LogP contribution in [0.2, 0.25) is 0 Å². The minimum absolute atomic E-state index is 0.00254. The standard InChI is InChI=1S/C27H22N4O4S2/c1-18-7-11-21(12-8-18)36(32,33)30-26-15-25(20(16-28)17-29)27(24-6-4-3-5-23(24)26)31-37(34,35)22-13-9-19(2)10-14-22/h3-15,20,30-31H,1-2H3. The molecule has 0 fully saturated rings. The van der Waals surface area contributed by atoms with E-state index in [4.69, 9.17) is 0 Å². The third-order valence-electron chi connectivity index (χ3n) is 5.79. The SMILES string of the molecule is Cc1ccc(S(=O)(=O)Nc2cc(C(C#N)C#N)c(NS(=O)(=O)c3ccc(C)cc3)c3ccccc23)cc1. The van der Waals surface area contributed by atoms with E-state index in [-0.39, 0.29) is 26.7 Å². The number of benzene rings is 4. The molecule has 4 rings (SSSR count). The lowest BCUT2D eigenvalue weighted by Gasteiger charge is -2.19. The molecule has 186 valence electrons. The quantitative estimate of drug-likeness (QED) is 0.337. The molecule has 10 heteroatoms. The van der Waals surface area contributed by atoms with E-state index < -0.39 is 26.0 Å². The fourth-order valence-electron chi connectivity index (χ4n) is 3.82. The zero-order chi connectivity index (χ0) is 26.8. The molecule has 0 saturated carbocycles. The number of sulfonamides is 2. The number of nitrogens with zero attached hydrogens (tertiary/aromatic N) is 2. The van der Waals surface area contributed by atoms with Gasteiger partial charge < -0.3 is 0 Å². The van der Waals surface area contributed by atoms with Gasteiger partial charge >= 0.3 is 0 Å². The molecule has 0 bridgehead atoms.